The summed E-state index contributed by atoms with van der Waals surface area (Å²) in [7, 11) is 0. The zero-order valence-electron chi connectivity index (χ0n) is 11.5. The van der Waals surface area contributed by atoms with Gasteiger partial charge in [0.15, 0.2) is 0 Å². The minimum atomic E-state index is -0.420. The van der Waals surface area contributed by atoms with Crippen LogP contribution < -0.4 is 5.73 Å². The Labute approximate surface area is 123 Å². The highest BCUT2D eigenvalue weighted by Crippen LogP contribution is 2.25. The molecule has 0 aliphatic heterocycles. The fourth-order valence-corrected chi connectivity index (χ4v) is 2.39. The first kappa shape index (κ1) is 14.9. The molecule has 2 aromatic rings. The first-order valence-corrected chi connectivity index (χ1v) is 6.92. The zero-order valence-corrected chi connectivity index (χ0v) is 12.3. The Hall–Kier alpha value is -1.52. The second-order valence-corrected chi connectivity index (χ2v) is 5.14. The van der Waals surface area contributed by atoms with Crippen LogP contribution in [0.4, 0.5) is 4.39 Å². The Morgan fingerprint density at radius 3 is 2.80 bits per heavy atom. The molecule has 0 amide bonds. The Morgan fingerprint density at radius 1 is 1.35 bits per heavy atom. The van der Waals surface area contributed by atoms with Crippen molar-refractivity contribution in [3.63, 3.8) is 0 Å². The van der Waals surface area contributed by atoms with Crippen LogP contribution in [0.1, 0.15) is 35.5 Å². The number of aromatic nitrogens is 2. The maximum absolute atomic E-state index is 13.4. The van der Waals surface area contributed by atoms with Crippen molar-refractivity contribution in [3.05, 3.63) is 57.6 Å². The van der Waals surface area contributed by atoms with Gasteiger partial charge >= 0.3 is 0 Å². The highest BCUT2D eigenvalue weighted by Gasteiger charge is 2.15. The van der Waals surface area contributed by atoms with Crippen molar-refractivity contribution in [1.29, 1.82) is 0 Å². The van der Waals surface area contributed by atoms with Gasteiger partial charge in [-0.05, 0) is 43.0 Å². The van der Waals surface area contributed by atoms with Crippen molar-refractivity contribution in [2.75, 3.05) is 0 Å². The van der Waals surface area contributed by atoms with Gasteiger partial charge in [-0.25, -0.2) is 4.39 Å². The maximum Gasteiger partial charge on any atom is 0.142 e. The van der Waals surface area contributed by atoms with Gasteiger partial charge < -0.3 is 5.73 Å². The Bertz CT molecular complexity index is 616. The number of aryl methyl sites for hydroxylation is 2. The van der Waals surface area contributed by atoms with E-state index in [1.165, 1.54) is 6.07 Å². The summed E-state index contributed by atoms with van der Waals surface area (Å²) in [5.74, 6) is -0.420. The fourth-order valence-electron chi connectivity index (χ4n) is 2.18. The van der Waals surface area contributed by atoms with Gasteiger partial charge in [0.2, 0.25) is 0 Å². The predicted molar refractivity (Wildman–Crippen MR) is 78.2 cm³/mol. The van der Waals surface area contributed by atoms with Gasteiger partial charge in [-0.15, -0.1) is 0 Å². The second-order valence-electron chi connectivity index (χ2n) is 4.76. The number of hydrogen-bond donors (Lipinski definition) is 1. The molecule has 2 N–H and O–H groups in total. The molecule has 1 unspecified atom stereocenters. The molecule has 0 saturated carbocycles. The molecule has 1 heterocycles. The number of benzene rings is 1. The summed E-state index contributed by atoms with van der Waals surface area (Å²) in [5.41, 5.74) is 9.58. The van der Waals surface area contributed by atoms with E-state index >= 15 is 0 Å². The van der Waals surface area contributed by atoms with Gasteiger partial charge in [-0.3, -0.25) is 0 Å². The molecule has 2 rings (SSSR count). The molecule has 0 fully saturated rings. The van der Waals surface area contributed by atoms with E-state index in [-0.39, 0.29) is 11.1 Å². The standard InChI is InChI=1S/C15H17ClFN3/c1-3-14-11(7-9(2)19-20-14)13(18)8-10-5-4-6-12(17)15(10)16/h4-7,13H,3,8,18H2,1-2H3. The van der Waals surface area contributed by atoms with E-state index in [0.29, 0.717) is 12.0 Å². The van der Waals surface area contributed by atoms with Gasteiger partial charge in [0.05, 0.1) is 16.4 Å². The maximum atomic E-state index is 13.4. The molecule has 0 bridgehead atoms. The molecule has 1 aromatic carbocycles. The van der Waals surface area contributed by atoms with Crippen LogP contribution in [0.15, 0.2) is 24.3 Å². The van der Waals surface area contributed by atoms with Crippen LogP contribution >= 0.6 is 11.6 Å². The summed E-state index contributed by atoms with van der Waals surface area (Å²) in [6.07, 6.45) is 1.22. The molecule has 1 aromatic heterocycles. The van der Waals surface area contributed by atoms with E-state index in [1.54, 1.807) is 12.1 Å². The monoisotopic (exact) mass is 293 g/mol. The number of nitrogens with zero attached hydrogens (tertiary/aromatic N) is 2. The first-order valence-electron chi connectivity index (χ1n) is 6.54. The SMILES string of the molecule is CCc1nnc(C)cc1C(N)Cc1cccc(F)c1Cl. The van der Waals surface area contributed by atoms with Crippen molar-refractivity contribution in [3.8, 4) is 0 Å². The minimum absolute atomic E-state index is 0.139. The van der Waals surface area contributed by atoms with Crippen LogP contribution in [0.5, 0.6) is 0 Å². The third-order valence-electron chi connectivity index (χ3n) is 3.23. The molecule has 0 aliphatic carbocycles. The summed E-state index contributed by atoms with van der Waals surface area (Å²) in [5, 5.41) is 8.34. The molecule has 1 atom stereocenters. The van der Waals surface area contributed by atoms with E-state index < -0.39 is 5.82 Å². The van der Waals surface area contributed by atoms with E-state index in [0.717, 1.165) is 23.4 Å². The van der Waals surface area contributed by atoms with Crippen molar-refractivity contribution in [2.24, 2.45) is 5.73 Å². The zero-order chi connectivity index (χ0) is 14.7. The lowest BCUT2D eigenvalue weighted by molar-refractivity contribution is 0.621. The van der Waals surface area contributed by atoms with Crippen LogP contribution in [-0.2, 0) is 12.8 Å². The van der Waals surface area contributed by atoms with Crippen LogP contribution in [0.25, 0.3) is 0 Å². The highest BCUT2D eigenvalue weighted by atomic mass is 35.5. The van der Waals surface area contributed by atoms with Crippen molar-refractivity contribution < 1.29 is 4.39 Å². The van der Waals surface area contributed by atoms with Crippen molar-refractivity contribution >= 4 is 11.6 Å². The number of nitrogens with two attached hydrogens (primary N) is 1. The fraction of sp³-hybridized carbons (Fsp3) is 0.333. The normalized spacial score (nSPS) is 12.4. The van der Waals surface area contributed by atoms with E-state index in [1.807, 2.05) is 19.9 Å². The number of halogens is 2. The van der Waals surface area contributed by atoms with Crippen molar-refractivity contribution in [2.45, 2.75) is 32.7 Å². The summed E-state index contributed by atoms with van der Waals surface area (Å²) < 4.78 is 13.4. The highest BCUT2D eigenvalue weighted by molar-refractivity contribution is 6.31. The molecule has 0 radical (unpaired) electrons. The topological polar surface area (TPSA) is 51.8 Å². The Kier molecular flexibility index (Phi) is 4.68. The van der Waals surface area contributed by atoms with Gasteiger partial charge in [0, 0.05) is 6.04 Å². The minimum Gasteiger partial charge on any atom is -0.324 e. The molecule has 106 valence electrons. The summed E-state index contributed by atoms with van der Waals surface area (Å²) >= 11 is 5.97. The Morgan fingerprint density at radius 2 is 2.10 bits per heavy atom. The second kappa shape index (κ2) is 6.29. The first-order chi connectivity index (χ1) is 9.52. The number of hydrogen-bond acceptors (Lipinski definition) is 3. The number of rotatable bonds is 4. The van der Waals surface area contributed by atoms with Crippen LogP contribution in [0.2, 0.25) is 5.02 Å². The molecule has 3 nitrogen and oxygen atoms in total. The van der Waals surface area contributed by atoms with Gasteiger partial charge in [-0.2, -0.15) is 10.2 Å². The lowest BCUT2D eigenvalue weighted by Crippen LogP contribution is -2.17. The lowest BCUT2D eigenvalue weighted by Gasteiger charge is -2.16. The largest absolute Gasteiger partial charge is 0.324 e. The molecule has 5 heteroatoms. The van der Waals surface area contributed by atoms with Gasteiger partial charge in [0.25, 0.3) is 0 Å². The lowest BCUT2D eigenvalue weighted by atomic mass is 9.97. The van der Waals surface area contributed by atoms with Crippen LogP contribution in [0.3, 0.4) is 0 Å². The third kappa shape index (κ3) is 3.14. The van der Waals surface area contributed by atoms with Crippen LogP contribution in [-0.4, -0.2) is 10.2 Å². The van der Waals surface area contributed by atoms with Crippen molar-refractivity contribution in [1.82, 2.24) is 10.2 Å². The van der Waals surface area contributed by atoms with Crippen LogP contribution in [0, 0.1) is 12.7 Å². The quantitative estimate of drug-likeness (QED) is 0.940. The van der Waals surface area contributed by atoms with E-state index in [4.69, 9.17) is 17.3 Å². The Balaban J connectivity index is 2.30. The van der Waals surface area contributed by atoms with Gasteiger partial charge in [0.1, 0.15) is 5.82 Å². The smallest absolute Gasteiger partial charge is 0.142 e. The molecule has 0 saturated heterocycles. The predicted octanol–water partition coefficient (Wildman–Crippen LogP) is 3.38. The van der Waals surface area contributed by atoms with E-state index in [9.17, 15) is 4.39 Å². The summed E-state index contributed by atoms with van der Waals surface area (Å²) in [6, 6.07) is 6.42. The molecule has 0 aliphatic rings. The average molecular weight is 294 g/mol. The third-order valence-corrected chi connectivity index (χ3v) is 3.66. The summed E-state index contributed by atoms with van der Waals surface area (Å²) in [6.45, 7) is 3.88. The summed E-state index contributed by atoms with van der Waals surface area (Å²) in [4.78, 5) is 0. The molecule has 0 spiro atoms. The average Bonchev–Trinajstić information content (AvgIpc) is 2.43. The molecular formula is C15H17ClFN3. The molecule has 20 heavy (non-hydrogen) atoms. The molecular weight excluding hydrogens is 277 g/mol. The van der Waals surface area contributed by atoms with E-state index in [2.05, 4.69) is 10.2 Å². The van der Waals surface area contributed by atoms with Gasteiger partial charge in [-0.1, -0.05) is 30.7 Å².